The maximum absolute atomic E-state index is 12.0. The summed E-state index contributed by atoms with van der Waals surface area (Å²) in [5.41, 5.74) is 0. The summed E-state index contributed by atoms with van der Waals surface area (Å²) in [6, 6.07) is 3.88. The molecule has 0 radical (unpaired) electrons. The average Bonchev–Trinajstić information content (AvgIpc) is 2.31. The molecule has 0 amide bonds. The van der Waals surface area contributed by atoms with Crippen molar-refractivity contribution in [2.75, 3.05) is 26.4 Å². The van der Waals surface area contributed by atoms with Gasteiger partial charge in [-0.2, -0.15) is 0 Å². The summed E-state index contributed by atoms with van der Waals surface area (Å²) in [7, 11) is 0. The van der Waals surface area contributed by atoms with Gasteiger partial charge in [-0.3, -0.25) is 0 Å². The summed E-state index contributed by atoms with van der Waals surface area (Å²) >= 11 is 2.96. The molecule has 1 aromatic carbocycles. The van der Waals surface area contributed by atoms with Crippen molar-refractivity contribution in [3.63, 3.8) is 0 Å². The molecule has 8 heteroatoms. The van der Waals surface area contributed by atoms with E-state index >= 15 is 0 Å². The number of halogens is 4. The van der Waals surface area contributed by atoms with Gasteiger partial charge >= 0.3 is 6.36 Å². The van der Waals surface area contributed by atoms with Crippen LogP contribution in [0.4, 0.5) is 13.2 Å². The molecule has 0 aliphatic heterocycles. The lowest BCUT2D eigenvalue weighted by molar-refractivity contribution is -0.274. The first-order valence-electron chi connectivity index (χ1n) is 5.29. The van der Waals surface area contributed by atoms with Crippen LogP contribution in [0.5, 0.6) is 11.5 Å². The Labute approximate surface area is 116 Å². The molecule has 0 spiro atoms. The van der Waals surface area contributed by atoms with Crippen molar-refractivity contribution < 1.29 is 32.5 Å². The molecule has 0 saturated heterocycles. The minimum absolute atomic E-state index is 0.0744. The van der Waals surface area contributed by atoms with E-state index in [0.29, 0.717) is 5.75 Å². The Morgan fingerprint density at radius 3 is 2.47 bits per heavy atom. The summed E-state index contributed by atoms with van der Waals surface area (Å²) in [6.45, 7) is 0.644. The lowest BCUT2D eigenvalue weighted by atomic mass is 10.3. The van der Waals surface area contributed by atoms with Gasteiger partial charge in [-0.05, 0) is 34.1 Å². The predicted octanol–water partition coefficient (Wildman–Crippen LogP) is 2.74. The third kappa shape index (κ3) is 6.65. The van der Waals surface area contributed by atoms with E-state index in [9.17, 15) is 13.2 Å². The summed E-state index contributed by atoms with van der Waals surface area (Å²) < 4.78 is 50.2. The number of hydrogen-bond acceptors (Lipinski definition) is 4. The molecule has 0 aliphatic rings. The van der Waals surface area contributed by atoms with Gasteiger partial charge < -0.3 is 19.3 Å². The summed E-state index contributed by atoms with van der Waals surface area (Å²) in [6.07, 6.45) is -4.73. The molecule has 0 heterocycles. The number of ether oxygens (including phenoxy) is 3. The van der Waals surface area contributed by atoms with Gasteiger partial charge in [0, 0.05) is 0 Å². The van der Waals surface area contributed by atoms with Gasteiger partial charge in [0.15, 0.2) is 0 Å². The second-order valence-electron chi connectivity index (χ2n) is 3.32. The third-order valence-corrected chi connectivity index (χ3v) is 2.48. The molecule has 0 fully saturated rings. The van der Waals surface area contributed by atoms with E-state index < -0.39 is 6.36 Å². The monoisotopic (exact) mass is 344 g/mol. The van der Waals surface area contributed by atoms with Crippen molar-refractivity contribution in [1.29, 1.82) is 0 Å². The van der Waals surface area contributed by atoms with E-state index in [1.165, 1.54) is 12.1 Å². The lowest BCUT2D eigenvalue weighted by Gasteiger charge is -2.12. The zero-order valence-electron chi connectivity index (χ0n) is 9.74. The van der Waals surface area contributed by atoms with Gasteiger partial charge in [0.2, 0.25) is 0 Å². The molecule has 1 aromatic rings. The molecule has 0 aromatic heterocycles. The first-order chi connectivity index (χ1) is 8.92. The molecule has 1 N–H and O–H groups in total. The quantitative estimate of drug-likeness (QED) is 0.772. The van der Waals surface area contributed by atoms with E-state index in [0.717, 1.165) is 6.07 Å². The van der Waals surface area contributed by atoms with Crippen molar-refractivity contribution in [3.05, 3.63) is 22.7 Å². The van der Waals surface area contributed by atoms with Crippen LogP contribution in [0.25, 0.3) is 0 Å². The molecule has 0 atom stereocenters. The normalized spacial score (nSPS) is 11.4. The Hall–Kier alpha value is -0.990. The van der Waals surface area contributed by atoms with Gasteiger partial charge in [-0.1, -0.05) is 0 Å². The van der Waals surface area contributed by atoms with E-state index in [1.54, 1.807) is 0 Å². The second-order valence-corrected chi connectivity index (χ2v) is 4.18. The van der Waals surface area contributed by atoms with Crippen LogP contribution in [0.3, 0.4) is 0 Å². The van der Waals surface area contributed by atoms with Crippen molar-refractivity contribution in [3.8, 4) is 11.5 Å². The Bertz CT molecular complexity index is 398. The van der Waals surface area contributed by atoms with Crippen LogP contribution in [0, 0.1) is 0 Å². The number of rotatable bonds is 7. The van der Waals surface area contributed by atoms with Crippen LogP contribution in [0.2, 0.25) is 0 Å². The predicted molar refractivity (Wildman–Crippen MR) is 64.2 cm³/mol. The molecule has 0 bridgehead atoms. The highest BCUT2D eigenvalue weighted by molar-refractivity contribution is 9.10. The fourth-order valence-corrected chi connectivity index (χ4v) is 1.60. The fourth-order valence-electron chi connectivity index (χ4n) is 1.16. The Morgan fingerprint density at radius 1 is 1.16 bits per heavy atom. The molecule has 4 nitrogen and oxygen atoms in total. The highest BCUT2D eigenvalue weighted by Crippen LogP contribution is 2.33. The zero-order valence-corrected chi connectivity index (χ0v) is 11.3. The van der Waals surface area contributed by atoms with Crippen LogP contribution in [-0.2, 0) is 4.74 Å². The maximum atomic E-state index is 12.0. The van der Waals surface area contributed by atoms with Gasteiger partial charge in [0.1, 0.15) is 18.1 Å². The highest BCUT2D eigenvalue weighted by atomic mass is 79.9. The molecule has 1 rings (SSSR count). The van der Waals surface area contributed by atoms with E-state index in [2.05, 4.69) is 20.7 Å². The topological polar surface area (TPSA) is 47.9 Å². The lowest BCUT2D eigenvalue weighted by Crippen LogP contribution is -2.17. The number of aliphatic hydroxyl groups is 1. The standard InChI is InChI=1S/C11H12BrF3O4/c12-9-7-8(18-6-5-17-4-3-16)1-2-10(9)19-11(13,14)15/h1-2,7,16H,3-6H2. The van der Waals surface area contributed by atoms with Crippen LogP contribution >= 0.6 is 15.9 Å². The third-order valence-electron chi connectivity index (χ3n) is 1.86. The number of benzene rings is 1. The average molecular weight is 345 g/mol. The largest absolute Gasteiger partial charge is 0.573 e. The molecule has 0 saturated carbocycles. The molecule has 19 heavy (non-hydrogen) atoms. The Balaban J connectivity index is 2.47. The second kappa shape index (κ2) is 7.56. The van der Waals surface area contributed by atoms with Gasteiger partial charge in [-0.15, -0.1) is 13.2 Å². The van der Waals surface area contributed by atoms with Crippen LogP contribution in [0.1, 0.15) is 0 Å². The minimum Gasteiger partial charge on any atom is -0.491 e. The fraction of sp³-hybridized carbons (Fsp3) is 0.455. The first-order valence-corrected chi connectivity index (χ1v) is 6.08. The van der Waals surface area contributed by atoms with Gasteiger partial charge in [-0.25, -0.2) is 0 Å². The highest BCUT2D eigenvalue weighted by Gasteiger charge is 2.31. The number of aliphatic hydroxyl groups excluding tert-OH is 1. The summed E-state index contributed by atoms with van der Waals surface area (Å²) in [5, 5.41) is 8.46. The van der Waals surface area contributed by atoms with E-state index in [1.807, 2.05) is 0 Å². The zero-order chi connectivity index (χ0) is 14.3. The van der Waals surface area contributed by atoms with Crippen LogP contribution in [0.15, 0.2) is 22.7 Å². The van der Waals surface area contributed by atoms with Gasteiger partial charge in [0.05, 0.1) is 24.3 Å². The minimum atomic E-state index is -4.73. The molecule has 0 aliphatic carbocycles. The van der Waals surface area contributed by atoms with E-state index in [4.69, 9.17) is 14.6 Å². The van der Waals surface area contributed by atoms with Crippen molar-refractivity contribution in [2.24, 2.45) is 0 Å². The summed E-state index contributed by atoms with van der Waals surface area (Å²) in [5.74, 6) is 0.0466. The smallest absolute Gasteiger partial charge is 0.491 e. The van der Waals surface area contributed by atoms with Crippen molar-refractivity contribution in [2.45, 2.75) is 6.36 Å². The van der Waals surface area contributed by atoms with Crippen molar-refractivity contribution >= 4 is 15.9 Å². The van der Waals surface area contributed by atoms with Gasteiger partial charge in [0.25, 0.3) is 0 Å². The molecular formula is C11H12BrF3O4. The summed E-state index contributed by atoms with van der Waals surface area (Å²) in [4.78, 5) is 0. The van der Waals surface area contributed by atoms with E-state index in [-0.39, 0.29) is 36.6 Å². The SMILES string of the molecule is OCCOCCOc1ccc(OC(F)(F)F)c(Br)c1. The Morgan fingerprint density at radius 2 is 1.89 bits per heavy atom. The number of alkyl halides is 3. The molecule has 0 unspecified atom stereocenters. The van der Waals surface area contributed by atoms with Crippen LogP contribution < -0.4 is 9.47 Å². The maximum Gasteiger partial charge on any atom is 0.573 e. The number of hydrogen-bond donors (Lipinski definition) is 1. The molecular weight excluding hydrogens is 333 g/mol. The van der Waals surface area contributed by atoms with Crippen LogP contribution in [-0.4, -0.2) is 37.9 Å². The Kier molecular flexibility index (Phi) is 6.40. The molecule has 108 valence electrons. The first kappa shape index (κ1) is 16.1. The van der Waals surface area contributed by atoms with Crippen molar-refractivity contribution in [1.82, 2.24) is 0 Å².